The summed E-state index contributed by atoms with van der Waals surface area (Å²) in [5.74, 6) is -0.227. The molecule has 0 saturated heterocycles. The van der Waals surface area contributed by atoms with Crippen molar-refractivity contribution < 1.29 is 4.79 Å². The Morgan fingerprint density at radius 2 is 1.93 bits per heavy atom. The van der Waals surface area contributed by atoms with Gasteiger partial charge in [0.15, 0.2) is 0 Å². The van der Waals surface area contributed by atoms with Crippen LogP contribution in [0.25, 0.3) is 10.9 Å². The minimum Gasteiger partial charge on any atom is -0.383 e. The molecule has 2 heterocycles. The number of pyridine rings is 1. The van der Waals surface area contributed by atoms with Crippen molar-refractivity contribution in [2.75, 3.05) is 17.2 Å². The van der Waals surface area contributed by atoms with E-state index in [1.165, 1.54) is 10.9 Å². The Labute approximate surface area is 167 Å². The van der Waals surface area contributed by atoms with Crippen LogP contribution in [0.4, 0.5) is 11.4 Å². The number of carbonyl (C=O) groups excluding carboxylic acids is 1. The fourth-order valence-electron chi connectivity index (χ4n) is 3.11. The highest BCUT2D eigenvalue weighted by molar-refractivity contribution is 6.31. The summed E-state index contributed by atoms with van der Waals surface area (Å²) in [5.41, 5.74) is 4.33. The summed E-state index contributed by atoms with van der Waals surface area (Å²) >= 11 is 5.96. The van der Waals surface area contributed by atoms with Gasteiger partial charge in [-0.05, 0) is 42.3 Å². The summed E-state index contributed by atoms with van der Waals surface area (Å²) in [6.07, 6.45) is 6.17. The second-order valence-corrected chi connectivity index (χ2v) is 6.90. The molecule has 0 saturated carbocycles. The number of nitrogens with zero attached hydrogens (tertiary/aromatic N) is 1. The van der Waals surface area contributed by atoms with Crippen molar-refractivity contribution in [3.8, 4) is 0 Å². The maximum atomic E-state index is 12.5. The van der Waals surface area contributed by atoms with Crippen LogP contribution in [0.1, 0.15) is 15.9 Å². The summed E-state index contributed by atoms with van der Waals surface area (Å²) in [5, 5.41) is 7.97. The Bertz CT molecular complexity index is 1120. The minimum atomic E-state index is -0.227. The first-order valence-electron chi connectivity index (χ1n) is 9.00. The number of hydrogen-bond acceptors (Lipinski definition) is 3. The summed E-state index contributed by atoms with van der Waals surface area (Å²) in [4.78, 5) is 19.9. The minimum absolute atomic E-state index is 0.227. The van der Waals surface area contributed by atoms with Crippen molar-refractivity contribution in [2.45, 2.75) is 6.42 Å². The predicted molar refractivity (Wildman–Crippen MR) is 114 cm³/mol. The van der Waals surface area contributed by atoms with Crippen LogP contribution in [0.5, 0.6) is 0 Å². The van der Waals surface area contributed by atoms with Crippen molar-refractivity contribution >= 4 is 39.8 Å². The van der Waals surface area contributed by atoms with E-state index in [1.807, 2.05) is 18.3 Å². The van der Waals surface area contributed by atoms with Gasteiger partial charge in [0, 0.05) is 46.7 Å². The van der Waals surface area contributed by atoms with Gasteiger partial charge in [-0.2, -0.15) is 0 Å². The number of aromatic nitrogens is 2. The van der Waals surface area contributed by atoms with E-state index in [2.05, 4.69) is 32.7 Å². The topological polar surface area (TPSA) is 69.8 Å². The second-order valence-electron chi connectivity index (χ2n) is 6.46. The molecule has 0 atom stereocenters. The molecule has 140 valence electrons. The van der Waals surface area contributed by atoms with Crippen molar-refractivity contribution in [3.05, 3.63) is 89.3 Å². The van der Waals surface area contributed by atoms with Crippen LogP contribution in [0.3, 0.4) is 0 Å². The second kappa shape index (κ2) is 8.15. The maximum absolute atomic E-state index is 12.5. The highest BCUT2D eigenvalue weighted by Gasteiger charge is 2.08. The average molecular weight is 391 g/mol. The Morgan fingerprint density at radius 3 is 2.82 bits per heavy atom. The molecule has 3 N–H and O–H groups in total. The molecule has 4 rings (SSSR count). The molecule has 28 heavy (non-hydrogen) atoms. The van der Waals surface area contributed by atoms with E-state index in [0.717, 1.165) is 24.2 Å². The summed E-state index contributed by atoms with van der Waals surface area (Å²) in [6.45, 7) is 0.739. The van der Waals surface area contributed by atoms with Gasteiger partial charge in [-0.1, -0.05) is 35.9 Å². The number of fused-ring (bicyclic) bond motifs is 1. The first-order chi connectivity index (χ1) is 13.7. The van der Waals surface area contributed by atoms with Crippen molar-refractivity contribution in [2.24, 2.45) is 0 Å². The van der Waals surface area contributed by atoms with Gasteiger partial charge in [0.05, 0.1) is 11.3 Å². The van der Waals surface area contributed by atoms with Crippen LogP contribution in [-0.2, 0) is 6.42 Å². The molecule has 2 aromatic carbocycles. The Morgan fingerprint density at radius 1 is 1.04 bits per heavy atom. The standard InChI is InChI=1S/C22H19ClN4O/c23-17-4-3-5-18(11-17)27-22(28)16-10-19(14-24-12-16)25-9-8-15-13-26-21-7-2-1-6-20(15)21/h1-7,10-14,25-26H,8-9H2,(H,27,28). The smallest absolute Gasteiger partial charge is 0.257 e. The van der Waals surface area contributed by atoms with E-state index in [4.69, 9.17) is 11.6 Å². The van der Waals surface area contributed by atoms with Gasteiger partial charge in [0.25, 0.3) is 5.91 Å². The van der Waals surface area contributed by atoms with Crippen molar-refractivity contribution in [1.29, 1.82) is 0 Å². The molecule has 0 fully saturated rings. The van der Waals surface area contributed by atoms with Crippen LogP contribution in [0.2, 0.25) is 5.02 Å². The number of aromatic amines is 1. The van der Waals surface area contributed by atoms with E-state index in [1.54, 1.807) is 42.7 Å². The predicted octanol–water partition coefficient (Wildman–Crippen LogP) is 5.12. The lowest BCUT2D eigenvalue weighted by atomic mass is 10.1. The van der Waals surface area contributed by atoms with Gasteiger partial charge in [0.2, 0.25) is 0 Å². The Kier molecular flexibility index (Phi) is 5.26. The zero-order chi connectivity index (χ0) is 19.3. The monoisotopic (exact) mass is 390 g/mol. The lowest BCUT2D eigenvalue weighted by molar-refractivity contribution is 0.102. The van der Waals surface area contributed by atoms with Gasteiger partial charge in [-0.25, -0.2) is 0 Å². The van der Waals surface area contributed by atoms with Crippen molar-refractivity contribution in [3.63, 3.8) is 0 Å². The molecule has 2 aromatic heterocycles. The quantitative estimate of drug-likeness (QED) is 0.427. The number of benzene rings is 2. The van der Waals surface area contributed by atoms with Gasteiger partial charge in [0.1, 0.15) is 0 Å². The first-order valence-corrected chi connectivity index (χ1v) is 9.38. The summed E-state index contributed by atoms with van der Waals surface area (Å²) in [6, 6.07) is 17.1. The zero-order valence-electron chi connectivity index (χ0n) is 15.1. The largest absolute Gasteiger partial charge is 0.383 e. The highest BCUT2D eigenvalue weighted by atomic mass is 35.5. The Balaban J connectivity index is 1.39. The molecule has 6 heteroatoms. The van der Waals surface area contributed by atoms with E-state index >= 15 is 0 Å². The SMILES string of the molecule is O=C(Nc1cccc(Cl)c1)c1cncc(NCCc2c[nH]c3ccccc23)c1. The number of amides is 1. The molecule has 0 aliphatic heterocycles. The number of anilines is 2. The van der Waals surface area contributed by atoms with Crippen LogP contribution in [0.15, 0.2) is 73.2 Å². The summed E-state index contributed by atoms with van der Waals surface area (Å²) in [7, 11) is 0. The van der Waals surface area contributed by atoms with Gasteiger partial charge in [-0.15, -0.1) is 0 Å². The number of para-hydroxylation sites is 1. The van der Waals surface area contributed by atoms with Gasteiger partial charge < -0.3 is 15.6 Å². The number of hydrogen-bond donors (Lipinski definition) is 3. The fraction of sp³-hybridized carbons (Fsp3) is 0.0909. The average Bonchev–Trinajstić information content (AvgIpc) is 3.11. The molecule has 4 aromatic rings. The molecular formula is C22H19ClN4O. The number of nitrogens with one attached hydrogen (secondary N) is 3. The molecule has 0 aliphatic rings. The molecule has 1 amide bonds. The van der Waals surface area contributed by atoms with Crippen LogP contribution in [0, 0.1) is 0 Å². The van der Waals surface area contributed by atoms with Gasteiger partial charge in [-0.3, -0.25) is 9.78 Å². The van der Waals surface area contributed by atoms with E-state index < -0.39 is 0 Å². The van der Waals surface area contributed by atoms with Gasteiger partial charge >= 0.3 is 0 Å². The van der Waals surface area contributed by atoms with E-state index in [-0.39, 0.29) is 5.91 Å². The highest BCUT2D eigenvalue weighted by Crippen LogP contribution is 2.19. The van der Waals surface area contributed by atoms with E-state index in [0.29, 0.717) is 16.3 Å². The molecule has 0 aliphatic carbocycles. The van der Waals surface area contributed by atoms with Crippen LogP contribution < -0.4 is 10.6 Å². The molecule has 0 unspecified atom stereocenters. The van der Waals surface area contributed by atoms with Crippen LogP contribution in [-0.4, -0.2) is 22.4 Å². The number of rotatable bonds is 6. The first kappa shape index (κ1) is 18.1. The zero-order valence-corrected chi connectivity index (χ0v) is 15.8. The third-order valence-corrected chi connectivity index (χ3v) is 4.72. The normalized spacial score (nSPS) is 10.8. The maximum Gasteiger partial charge on any atom is 0.257 e. The number of halogens is 1. The fourth-order valence-corrected chi connectivity index (χ4v) is 3.30. The van der Waals surface area contributed by atoms with Crippen molar-refractivity contribution in [1.82, 2.24) is 9.97 Å². The lowest BCUT2D eigenvalue weighted by Crippen LogP contribution is -2.13. The van der Waals surface area contributed by atoms with Crippen LogP contribution >= 0.6 is 11.6 Å². The lowest BCUT2D eigenvalue weighted by Gasteiger charge is -2.09. The molecular weight excluding hydrogens is 372 g/mol. The molecule has 5 nitrogen and oxygen atoms in total. The third-order valence-electron chi connectivity index (χ3n) is 4.48. The molecule has 0 spiro atoms. The molecule has 0 radical (unpaired) electrons. The molecule has 0 bridgehead atoms. The summed E-state index contributed by atoms with van der Waals surface area (Å²) < 4.78 is 0. The number of H-pyrrole nitrogens is 1. The number of carbonyl (C=O) groups is 1. The third kappa shape index (κ3) is 4.15. The Hall–Kier alpha value is -3.31. The van der Waals surface area contributed by atoms with E-state index in [9.17, 15) is 4.79 Å².